The molecule has 2 aliphatic carbocycles. The molecule has 126 valence electrons. The summed E-state index contributed by atoms with van der Waals surface area (Å²) < 4.78 is 9.96. The Morgan fingerprint density at radius 3 is 2.30 bits per heavy atom. The molecule has 1 saturated carbocycles. The molecule has 0 heterocycles. The van der Waals surface area contributed by atoms with Crippen molar-refractivity contribution in [1.29, 1.82) is 0 Å². The number of carbonyl (C=O) groups excluding carboxylic acids is 2. The number of allylic oxidation sites excluding steroid dienone is 2. The zero-order valence-electron chi connectivity index (χ0n) is 14.1. The van der Waals surface area contributed by atoms with Gasteiger partial charge >= 0.3 is 11.9 Å². The van der Waals surface area contributed by atoms with Gasteiger partial charge in [-0.25, -0.2) is 0 Å². The van der Waals surface area contributed by atoms with Crippen LogP contribution in [0.5, 0.6) is 0 Å². The van der Waals surface area contributed by atoms with Gasteiger partial charge in [0.25, 0.3) is 0 Å². The van der Waals surface area contributed by atoms with Crippen molar-refractivity contribution in [3.63, 3.8) is 0 Å². The number of ether oxygens (including phenoxy) is 2. The summed E-state index contributed by atoms with van der Waals surface area (Å²) in [5.41, 5.74) is 2.99. The van der Waals surface area contributed by atoms with Gasteiger partial charge in [0.1, 0.15) is 0 Å². The van der Waals surface area contributed by atoms with Gasteiger partial charge in [0.2, 0.25) is 0 Å². The predicted molar refractivity (Wildman–Crippen MR) is 87.6 cm³/mol. The Morgan fingerprint density at radius 1 is 1.13 bits per heavy atom. The molecule has 0 amide bonds. The van der Waals surface area contributed by atoms with E-state index < -0.39 is 17.4 Å². The van der Waals surface area contributed by atoms with E-state index >= 15 is 0 Å². The van der Waals surface area contributed by atoms with Crippen LogP contribution in [0, 0.1) is 11.3 Å². The van der Waals surface area contributed by atoms with Crippen LogP contribution >= 0.6 is 0 Å². The Kier molecular flexibility index (Phi) is 6.23. The Hall–Kier alpha value is -1.80. The average molecular weight is 318 g/mol. The van der Waals surface area contributed by atoms with E-state index in [9.17, 15) is 9.59 Å². The lowest BCUT2D eigenvalue weighted by molar-refractivity contribution is -0.168. The van der Waals surface area contributed by atoms with Crippen LogP contribution in [-0.4, -0.2) is 26.2 Å². The summed E-state index contributed by atoms with van der Waals surface area (Å²) in [5, 5.41) is 0. The Labute approximate surface area is 138 Å². The molecule has 1 fully saturated rings. The van der Waals surface area contributed by atoms with E-state index in [2.05, 4.69) is 5.73 Å². The number of esters is 2. The second-order valence-corrected chi connectivity index (χ2v) is 6.27. The fraction of sp³-hybridized carbons (Fsp3) is 0.632. The lowest BCUT2D eigenvalue weighted by Crippen LogP contribution is -2.45. The molecule has 4 nitrogen and oxygen atoms in total. The van der Waals surface area contributed by atoms with E-state index in [1.807, 2.05) is 12.2 Å². The maximum Gasteiger partial charge on any atom is 0.328 e. The van der Waals surface area contributed by atoms with Gasteiger partial charge in [-0.3, -0.25) is 9.59 Å². The van der Waals surface area contributed by atoms with E-state index in [0.29, 0.717) is 0 Å². The van der Waals surface area contributed by atoms with E-state index in [0.717, 1.165) is 44.9 Å². The predicted octanol–water partition coefficient (Wildman–Crippen LogP) is 3.72. The van der Waals surface area contributed by atoms with Crippen molar-refractivity contribution in [1.82, 2.24) is 0 Å². The molecule has 0 N–H and O–H groups in total. The van der Waals surface area contributed by atoms with Crippen molar-refractivity contribution in [2.75, 3.05) is 14.2 Å². The standard InChI is InChI=1S/C19H26O4/c1-22-17(20)19(18(21)23-2,16-11-7-4-8-12-16)14-13-15-9-5-3-6-10-15/h7,11,14,16H,3-6,8-10,12H2,1-2H3. The first-order chi connectivity index (χ1) is 11.1. The quantitative estimate of drug-likeness (QED) is 0.343. The highest BCUT2D eigenvalue weighted by atomic mass is 16.5. The number of hydrogen-bond acceptors (Lipinski definition) is 4. The highest BCUT2D eigenvalue weighted by Gasteiger charge is 2.52. The van der Waals surface area contributed by atoms with E-state index in [4.69, 9.17) is 9.47 Å². The zero-order chi connectivity index (χ0) is 16.7. The molecule has 0 aliphatic heterocycles. The van der Waals surface area contributed by atoms with Crippen molar-refractivity contribution < 1.29 is 19.1 Å². The number of rotatable bonds is 4. The maximum absolute atomic E-state index is 12.6. The van der Waals surface area contributed by atoms with Crippen molar-refractivity contribution >= 4 is 11.9 Å². The van der Waals surface area contributed by atoms with Crippen molar-refractivity contribution in [3.8, 4) is 0 Å². The van der Waals surface area contributed by atoms with Crippen LogP contribution in [0.1, 0.15) is 51.4 Å². The third-order valence-corrected chi connectivity index (χ3v) is 4.85. The molecule has 0 spiro atoms. The van der Waals surface area contributed by atoms with Crippen LogP contribution in [0.2, 0.25) is 0 Å². The molecule has 1 unspecified atom stereocenters. The van der Waals surface area contributed by atoms with E-state index in [-0.39, 0.29) is 5.92 Å². The molecular weight excluding hydrogens is 292 g/mol. The highest BCUT2D eigenvalue weighted by Crippen LogP contribution is 2.39. The van der Waals surface area contributed by atoms with Crippen LogP contribution in [-0.2, 0) is 19.1 Å². The lowest BCUT2D eigenvalue weighted by atomic mass is 9.71. The Bertz CT molecular complexity index is 514. The summed E-state index contributed by atoms with van der Waals surface area (Å²) in [6.45, 7) is 0. The normalized spacial score (nSPS) is 21.3. The fourth-order valence-corrected chi connectivity index (χ4v) is 3.48. The SMILES string of the molecule is COC(=O)C(C=C=C1CCCCC1)(C(=O)OC)C1C=CCCC1. The van der Waals surface area contributed by atoms with Crippen LogP contribution < -0.4 is 0 Å². The van der Waals surface area contributed by atoms with Gasteiger partial charge < -0.3 is 9.47 Å². The second-order valence-electron chi connectivity index (χ2n) is 6.27. The summed E-state index contributed by atoms with van der Waals surface area (Å²) >= 11 is 0. The monoisotopic (exact) mass is 318 g/mol. The van der Waals surface area contributed by atoms with Crippen LogP contribution in [0.15, 0.2) is 29.5 Å². The molecule has 0 aromatic carbocycles. The summed E-state index contributed by atoms with van der Waals surface area (Å²) in [6, 6.07) is 0. The highest BCUT2D eigenvalue weighted by molar-refractivity contribution is 6.03. The molecule has 0 aromatic rings. The molecular formula is C19H26O4. The van der Waals surface area contributed by atoms with Gasteiger partial charge in [-0.05, 0) is 56.6 Å². The first kappa shape index (κ1) is 17.6. The molecule has 0 bridgehead atoms. The Morgan fingerprint density at radius 2 is 1.78 bits per heavy atom. The number of hydrogen-bond donors (Lipinski definition) is 0. The van der Waals surface area contributed by atoms with E-state index in [1.54, 1.807) is 6.08 Å². The topological polar surface area (TPSA) is 52.6 Å². The van der Waals surface area contributed by atoms with Gasteiger partial charge in [-0.2, -0.15) is 0 Å². The van der Waals surface area contributed by atoms with E-state index in [1.165, 1.54) is 26.2 Å². The van der Waals surface area contributed by atoms with Gasteiger partial charge in [-0.15, -0.1) is 5.73 Å². The summed E-state index contributed by atoms with van der Waals surface area (Å²) in [6.07, 6.45) is 13.7. The Balaban J connectivity index is 2.48. The second kappa shape index (κ2) is 8.16. The first-order valence-corrected chi connectivity index (χ1v) is 8.44. The van der Waals surface area contributed by atoms with Crippen molar-refractivity contribution in [3.05, 3.63) is 29.5 Å². The molecule has 4 heteroatoms. The molecule has 0 aromatic heterocycles. The largest absolute Gasteiger partial charge is 0.468 e. The van der Waals surface area contributed by atoms with Crippen LogP contribution in [0.4, 0.5) is 0 Å². The minimum Gasteiger partial charge on any atom is -0.468 e. The molecule has 23 heavy (non-hydrogen) atoms. The lowest BCUT2D eigenvalue weighted by Gasteiger charge is -2.32. The van der Waals surface area contributed by atoms with Gasteiger partial charge in [0.05, 0.1) is 14.2 Å². The van der Waals surface area contributed by atoms with Gasteiger partial charge in [0, 0.05) is 5.92 Å². The molecule has 0 radical (unpaired) electrons. The smallest absolute Gasteiger partial charge is 0.328 e. The third kappa shape index (κ3) is 3.76. The first-order valence-electron chi connectivity index (χ1n) is 8.44. The molecule has 0 saturated heterocycles. The molecule has 2 rings (SSSR count). The minimum absolute atomic E-state index is 0.243. The molecule has 2 aliphatic rings. The van der Waals surface area contributed by atoms with Crippen LogP contribution in [0.25, 0.3) is 0 Å². The van der Waals surface area contributed by atoms with Gasteiger partial charge in [-0.1, -0.05) is 18.6 Å². The summed E-state index contributed by atoms with van der Waals surface area (Å²) in [7, 11) is 2.63. The molecule has 1 atom stereocenters. The van der Waals surface area contributed by atoms with Crippen molar-refractivity contribution in [2.45, 2.75) is 51.4 Å². The van der Waals surface area contributed by atoms with Crippen molar-refractivity contribution in [2.24, 2.45) is 11.3 Å². The summed E-state index contributed by atoms with van der Waals surface area (Å²) in [5.74, 6) is -1.37. The number of carbonyl (C=O) groups is 2. The van der Waals surface area contributed by atoms with Gasteiger partial charge in [0.15, 0.2) is 5.41 Å². The maximum atomic E-state index is 12.6. The average Bonchev–Trinajstić information content (AvgIpc) is 2.63. The number of methoxy groups -OCH3 is 2. The van der Waals surface area contributed by atoms with Crippen LogP contribution in [0.3, 0.4) is 0 Å². The zero-order valence-corrected chi connectivity index (χ0v) is 14.1. The summed E-state index contributed by atoms with van der Waals surface area (Å²) in [4.78, 5) is 25.1. The third-order valence-electron chi connectivity index (χ3n) is 4.85. The minimum atomic E-state index is -1.43. The fourth-order valence-electron chi connectivity index (χ4n) is 3.48.